The lowest BCUT2D eigenvalue weighted by molar-refractivity contribution is 0.576. The van der Waals surface area contributed by atoms with E-state index in [-0.39, 0.29) is 0 Å². The van der Waals surface area contributed by atoms with E-state index in [1.54, 1.807) is 0 Å². The summed E-state index contributed by atoms with van der Waals surface area (Å²) in [5.74, 6) is 1.99. The van der Waals surface area contributed by atoms with Gasteiger partial charge in [0.2, 0.25) is 0 Å². The van der Waals surface area contributed by atoms with E-state index in [1.165, 1.54) is 0 Å². The van der Waals surface area contributed by atoms with Crippen LogP contribution in [0.5, 0.6) is 0 Å². The second-order valence-corrected chi connectivity index (χ2v) is 7.93. The lowest BCUT2D eigenvalue weighted by Crippen LogP contribution is -1.93. The van der Waals surface area contributed by atoms with Crippen LogP contribution in [0.25, 0.3) is 6.08 Å². The summed E-state index contributed by atoms with van der Waals surface area (Å²) in [6.45, 7) is 4.32. The van der Waals surface area contributed by atoms with E-state index >= 15 is 0 Å². The van der Waals surface area contributed by atoms with Crippen molar-refractivity contribution in [2.24, 2.45) is 0 Å². The molecule has 0 saturated heterocycles. The van der Waals surface area contributed by atoms with Crippen LogP contribution in [-0.2, 0) is 4.57 Å². The Morgan fingerprint density at radius 3 is 2.06 bits per heavy atom. The number of rotatable bonds is 8. The lowest BCUT2D eigenvalue weighted by Gasteiger charge is -2.13. The molecule has 18 heavy (non-hydrogen) atoms. The minimum Gasteiger partial charge on any atom is -0.319 e. The average Bonchev–Trinajstić information content (AvgIpc) is 2.42. The highest BCUT2D eigenvalue weighted by molar-refractivity contribution is 7.67. The van der Waals surface area contributed by atoms with Crippen molar-refractivity contribution in [3.05, 3.63) is 41.7 Å². The highest BCUT2D eigenvalue weighted by atomic mass is 31.2. The van der Waals surface area contributed by atoms with Crippen LogP contribution in [0.3, 0.4) is 0 Å². The standard InChI is InChI=1S/C16H25OP/c1-3-5-13-18(17,14-6-4-2)15-12-16-10-8-7-9-11-16/h7-12,15H,3-6,13-14H2,1-2H3. The largest absolute Gasteiger partial charge is 0.319 e. The van der Waals surface area contributed by atoms with Crippen molar-refractivity contribution in [2.75, 3.05) is 12.3 Å². The Morgan fingerprint density at radius 2 is 1.56 bits per heavy atom. The van der Waals surface area contributed by atoms with E-state index in [0.717, 1.165) is 43.6 Å². The molecular formula is C16H25OP. The van der Waals surface area contributed by atoms with E-state index in [9.17, 15) is 4.57 Å². The van der Waals surface area contributed by atoms with Crippen molar-refractivity contribution >= 4 is 13.2 Å². The Kier molecular flexibility index (Phi) is 7.05. The third-order valence-corrected chi connectivity index (χ3v) is 5.96. The molecule has 0 radical (unpaired) electrons. The summed E-state index contributed by atoms with van der Waals surface area (Å²) < 4.78 is 12.8. The SMILES string of the molecule is CCCCP(=O)(C=Cc1ccccc1)CCCC. The quantitative estimate of drug-likeness (QED) is 0.557. The first-order chi connectivity index (χ1) is 8.70. The number of hydrogen-bond donors (Lipinski definition) is 0. The number of hydrogen-bond acceptors (Lipinski definition) is 1. The van der Waals surface area contributed by atoms with Crippen LogP contribution in [0.15, 0.2) is 36.1 Å². The molecule has 1 aromatic carbocycles. The molecule has 1 nitrogen and oxygen atoms in total. The molecule has 0 aliphatic rings. The van der Waals surface area contributed by atoms with Gasteiger partial charge in [-0.15, -0.1) is 0 Å². The number of benzene rings is 1. The predicted octanol–water partition coefficient (Wildman–Crippen LogP) is 5.62. The van der Waals surface area contributed by atoms with Gasteiger partial charge in [0.05, 0.1) is 0 Å². The van der Waals surface area contributed by atoms with Crippen LogP contribution >= 0.6 is 7.14 Å². The summed E-state index contributed by atoms with van der Waals surface area (Å²) >= 11 is 0. The van der Waals surface area contributed by atoms with E-state index in [1.807, 2.05) is 30.1 Å². The molecule has 0 fully saturated rings. The zero-order valence-corrected chi connectivity index (χ0v) is 12.5. The monoisotopic (exact) mass is 264 g/mol. The fourth-order valence-corrected chi connectivity index (χ4v) is 4.57. The molecule has 0 N–H and O–H groups in total. The first kappa shape index (κ1) is 15.2. The van der Waals surface area contributed by atoms with Gasteiger partial charge in [-0.3, -0.25) is 0 Å². The van der Waals surface area contributed by atoms with Crippen LogP contribution < -0.4 is 0 Å². The first-order valence-corrected chi connectivity index (χ1v) is 9.17. The molecule has 0 bridgehead atoms. The van der Waals surface area contributed by atoms with Crippen molar-refractivity contribution in [1.82, 2.24) is 0 Å². The summed E-state index contributed by atoms with van der Waals surface area (Å²) in [6.07, 6.45) is 8.15. The third kappa shape index (κ3) is 5.69. The van der Waals surface area contributed by atoms with Gasteiger partial charge in [0, 0.05) is 12.3 Å². The van der Waals surface area contributed by atoms with Gasteiger partial charge in [-0.05, 0) is 24.2 Å². The zero-order valence-electron chi connectivity index (χ0n) is 11.6. The highest BCUT2D eigenvalue weighted by Crippen LogP contribution is 2.49. The summed E-state index contributed by atoms with van der Waals surface area (Å²) in [4.78, 5) is 0. The summed E-state index contributed by atoms with van der Waals surface area (Å²) in [5, 5.41) is 0. The third-order valence-electron chi connectivity index (χ3n) is 3.12. The Bertz CT molecular complexity index is 383. The van der Waals surface area contributed by atoms with Gasteiger partial charge in [0.25, 0.3) is 0 Å². The molecule has 0 heterocycles. The van der Waals surface area contributed by atoms with E-state index < -0.39 is 7.14 Å². The fraction of sp³-hybridized carbons (Fsp3) is 0.500. The molecule has 1 rings (SSSR count). The molecule has 0 amide bonds. The van der Waals surface area contributed by atoms with E-state index in [0.29, 0.717) is 0 Å². The lowest BCUT2D eigenvalue weighted by atomic mass is 10.2. The summed E-state index contributed by atoms with van der Waals surface area (Å²) in [7, 11) is -2.10. The molecule has 0 spiro atoms. The maximum Gasteiger partial charge on any atom is 0.108 e. The van der Waals surface area contributed by atoms with E-state index in [4.69, 9.17) is 0 Å². The van der Waals surface area contributed by atoms with E-state index in [2.05, 4.69) is 26.0 Å². The van der Waals surface area contributed by atoms with Crippen molar-refractivity contribution in [3.63, 3.8) is 0 Å². The van der Waals surface area contributed by atoms with Gasteiger partial charge in [0.1, 0.15) is 7.14 Å². The number of unbranched alkanes of at least 4 members (excludes halogenated alkanes) is 2. The van der Waals surface area contributed by atoms with Crippen LogP contribution in [-0.4, -0.2) is 12.3 Å². The zero-order chi connectivity index (χ0) is 13.3. The van der Waals surface area contributed by atoms with Crippen LogP contribution in [0.2, 0.25) is 0 Å². The molecule has 0 aromatic heterocycles. The van der Waals surface area contributed by atoms with Gasteiger partial charge in [-0.25, -0.2) is 0 Å². The molecule has 100 valence electrons. The van der Waals surface area contributed by atoms with Crippen LogP contribution in [0.1, 0.15) is 45.1 Å². The Morgan fingerprint density at radius 1 is 1.00 bits per heavy atom. The van der Waals surface area contributed by atoms with Gasteiger partial charge >= 0.3 is 0 Å². The normalized spacial score (nSPS) is 12.1. The summed E-state index contributed by atoms with van der Waals surface area (Å²) in [5.41, 5.74) is 1.14. The Labute approximate surface area is 112 Å². The molecule has 0 saturated carbocycles. The van der Waals surface area contributed by atoms with Gasteiger partial charge < -0.3 is 4.57 Å². The molecule has 0 aliphatic heterocycles. The Balaban J connectivity index is 2.71. The van der Waals surface area contributed by atoms with Gasteiger partial charge in [-0.1, -0.05) is 63.1 Å². The molecular weight excluding hydrogens is 239 g/mol. The average molecular weight is 264 g/mol. The molecule has 2 heteroatoms. The maximum atomic E-state index is 12.8. The van der Waals surface area contributed by atoms with Crippen LogP contribution in [0, 0.1) is 0 Å². The maximum absolute atomic E-state index is 12.8. The van der Waals surface area contributed by atoms with Crippen molar-refractivity contribution in [3.8, 4) is 0 Å². The molecule has 0 unspecified atom stereocenters. The van der Waals surface area contributed by atoms with Crippen molar-refractivity contribution < 1.29 is 4.57 Å². The second-order valence-electron chi connectivity index (χ2n) is 4.83. The highest BCUT2D eigenvalue weighted by Gasteiger charge is 2.16. The van der Waals surface area contributed by atoms with Crippen molar-refractivity contribution in [2.45, 2.75) is 39.5 Å². The van der Waals surface area contributed by atoms with Crippen LogP contribution in [0.4, 0.5) is 0 Å². The molecule has 0 atom stereocenters. The fourth-order valence-electron chi connectivity index (χ4n) is 1.90. The van der Waals surface area contributed by atoms with Crippen molar-refractivity contribution in [1.29, 1.82) is 0 Å². The topological polar surface area (TPSA) is 17.1 Å². The smallest absolute Gasteiger partial charge is 0.108 e. The minimum absolute atomic E-state index is 0.868. The van der Waals surface area contributed by atoms with Gasteiger partial charge in [-0.2, -0.15) is 0 Å². The first-order valence-electron chi connectivity index (χ1n) is 7.02. The minimum atomic E-state index is -2.10. The second kappa shape index (κ2) is 8.32. The summed E-state index contributed by atoms with van der Waals surface area (Å²) in [6, 6.07) is 10.2. The molecule has 1 aromatic rings. The molecule has 0 aliphatic carbocycles. The van der Waals surface area contributed by atoms with Gasteiger partial charge in [0.15, 0.2) is 0 Å². The Hall–Kier alpha value is -0.810. The predicted molar refractivity (Wildman–Crippen MR) is 82.6 cm³/mol.